The fraction of sp³-hybridized carbons (Fsp3) is 0.462. The lowest BCUT2D eigenvalue weighted by atomic mass is 9.97. The summed E-state index contributed by atoms with van der Waals surface area (Å²) in [5.41, 5.74) is 2.11. The Balaban J connectivity index is 1.20. The molecule has 2 aliphatic rings. The van der Waals surface area contributed by atoms with Crippen molar-refractivity contribution in [3.63, 3.8) is 0 Å². The first kappa shape index (κ1) is 23.7. The number of nitrogens with one attached hydrogen (secondary N) is 2. The summed E-state index contributed by atoms with van der Waals surface area (Å²) in [5, 5.41) is 3.70. The summed E-state index contributed by atoms with van der Waals surface area (Å²) in [4.78, 5) is 51.6. The quantitative estimate of drug-likeness (QED) is 0.550. The highest BCUT2D eigenvalue weighted by Crippen LogP contribution is 2.33. The molecule has 1 aliphatic heterocycles. The highest BCUT2D eigenvalue weighted by molar-refractivity contribution is 7.18. The molecule has 2 N–H and O–H groups in total. The standard InChI is InChI=1S/C26H31N5O3S/c1-17(32)27-20(18-7-3-2-4-8-18)15-23(33)31-13-11-30(12-14-31)16-22-28-25(34)24-19-9-5-6-10-21(19)35-26(24)29-22/h2-4,7-8,20H,5-6,9-16H2,1H3,(H,27,32)(H,28,29,34). The molecule has 0 saturated carbocycles. The third-order valence-electron chi connectivity index (χ3n) is 6.93. The molecule has 0 radical (unpaired) electrons. The summed E-state index contributed by atoms with van der Waals surface area (Å²) in [6.45, 7) is 4.68. The maximum Gasteiger partial charge on any atom is 0.259 e. The zero-order valence-corrected chi connectivity index (χ0v) is 20.8. The minimum atomic E-state index is -0.336. The smallest absolute Gasteiger partial charge is 0.259 e. The molecule has 3 heterocycles. The Morgan fingerprint density at radius 3 is 2.60 bits per heavy atom. The van der Waals surface area contributed by atoms with E-state index in [9.17, 15) is 14.4 Å². The van der Waals surface area contributed by atoms with Crippen LogP contribution < -0.4 is 10.9 Å². The van der Waals surface area contributed by atoms with Crippen LogP contribution in [0.5, 0.6) is 0 Å². The number of fused-ring (bicyclic) bond motifs is 3. The summed E-state index contributed by atoms with van der Waals surface area (Å²) in [6, 6.07) is 9.27. The van der Waals surface area contributed by atoms with E-state index in [1.165, 1.54) is 23.8 Å². The molecule has 1 saturated heterocycles. The molecule has 1 aliphatic carbocycles. The van der Waals surface area contributed by atoms with Crippen molar-refractivity contribution in [1.29, 1.82) is 0 Å². The van der Waals surface area contributed by atoms with E-state index >= 15 is 0 Å². The van der Waals surface area contributed by atoms with Gasteiger partial charge in [-0.2, -0.15) is 0 Å². The van der Waals surface area contributed by atoms with Gasteiger partial charge in [-0.1, -0.05) is 30.3 Å². The maximum absolute atomic E-state index is 13.0. The van der Waals surface area contributed by atoms with E-state index < -0.39 is 0 Å². The Morgan fingerprint density at radius 2 is 1.86 bits per heavy atom. The van der Waals surface area contributed by atoms with Gasteiger partial charge in [0.15, 0.2) is 0 Å². The number of aromatic amines is 1. The lowest BCUT2D eigenvalue weighted by Crippen LogP contribution is -2.49. The number of hydrogen-bond acceptors (Lipinski definition) is 6. The molecule has 184 valence electrons. The van der Waals surface area contributed by atoms with E-state index in [2.05, 4.69) is 15.2 Å². The number of benzene rings is 1. The van der Waals surface area contributed by atoms with E-state index in [4.69, 9.17) is 4.98 Å². The van der Waals surface area contributed by atoms with Gasteiger partial charge < -0.3 is 15.2 Å². The largest absolute Gasteiger partial charge is 0.349 e. The van der Waals surface area contributed by atoms with Crippen LogP contribution in [0.3, 0.4) is 0 Å². The molecule has 1 fully saturated rings. The van der Waals surface area contributed by atoms with Gasteiger partial charge in [0.2, 0.25) is 11.8 Å². The van der Waals surface area contributed by atoms with Crippen molar-refractivity contribution in [2.24, 2.45) is 0 Å². The molecule has 3 aromatic rings. The third kappa shape index (κ3) is 5.31. The number of aryl methyl sites for hydroxylation is 2. The number of rotatable bonds is 6. The van der Waals surface area contributed by atoms with Crippen LogP contribution in [-0.4, -0.2) is 57.8 Å². The van der Waals surface area contributed by atoms with Crippen LogP contribution in [0.15, 0.2) is 35.1 Å². The van der Waals surface area contributed by atoms with Crippen molar-refractivity contribution in [2.45, 2.75) is 51.6 Å². The Kier molecular flexibility index (Phi) is 6.97. The van der Waals surface area contributed by atoms with Gasteiger partial charge in [-0.3, -0.25) is 19.3 Å². The maximum atomic E-state index is 13.0. The Hall–Kier alpha value is -3.04. The van der Waals surface area contributed by atoms with Crippen molar-refractivity contribution in [3.05, 3.63) is 62.5 Å². The summed E-state index contributed by atoms with van der Waals surface area (Å²) in [5.74, 6) is 0.571. The van der Waals surface area contributed by atoms with Crippen LogP contribution >= 0.6 is 11.3 Å². The van der Waals surface area contributed by atoms with E-state index in [1.54, 1.807) is 11.3 Å². The molecule has 0 bridgehead atoms. The van der Waals surface area contributed by atoms with Crippen molar-refractivity contribution in [1.82, 2.24) is 25.1 Å². The van der Waals surface area contributed by atoms with Crippen molar-refractivity contribution < 1.29 is 9.59 Å². The summed E-state index contributed by atoms with van der Waals surface area (Å²) >= 11 is 1.67. The molecular formula is C26H31N5O3S. The molecule has 9 heteroatoms. The average molecular weight is 494 g/mol. The summed E-state index contributed by atoms with van der Waals surface area (Å²) in [6.07, 6.45) is 4.58. The topological polar surface area (TPSA) is 98.4 Å². The molecule has 1 aromatic carbocycles. The Morgan fingerprint density at radius 1 is 1.11 bits per heavy atom. The third-order valence-corrected chi connectivity index (χ3v) is 8.12. The molecule has 0 spiro atoms. The summed E-state index contributed by atoms with van der Waals surface area (Å²) < 4.78 is 0. The van der Waals surface area contributed by atoms with E-state index in [-0.39, 0.29) is 29.8 Å². The lowest BCUT2D eigenvalue weighted by Gasteiger charge is -2.35. The monoisotopic (exact) mass is 493 g/mol. The summed E-state index contributed by atoms with van der Waals surface area (Å²) in [7, 11) is 0. The fourth-order valence-corrected chi connectivity index (χ4v) is 6.42. The predicted octanol–water partition coefficient (Wildman–Crippen LogP) is 2.78. The number of aromatic nitrogens is 2. The zero-order valence-electron chi connectivity index (χ0n) is 20.0. The minimum absolute atomic E-state index is 0.0249. The van der Waals surface area contributed by atoms with E-state index in [0.717, 1.165) is 35.0 Å². The first-order chi connectivity index (χ1) is 17.0. The van der Waals surface area contributed by atoms with Gasteiger partial charge in [0.1, 0.15) is 10.7 Å². The van der Waals surface area contributed by atoms with Gasteiger partial charge in [0.05, 0.1) is 24.4 Å². The Labute approximate surface area is 208 Å². The van der Waals surface area contributed by atoms with Crippen LogP contribution in [0, 0.1) is 0 Å². The van der Waals surface area contributed by atoms with E-state index in [1.807, 2.05) is 35.2 Å². The lowest BCUT2D eigenvalue weighted by molar-refractivity contribution is -0.133. The SMILES string of the molecule is CC(=O)NC(CC(=O)N1CCN(Cc2nc3sc4c(c3c(=O)[nH]2)CCCC4)CC1)c1ccccc1. The second-order valence-corrected chi connectivity index (χ2v) is 10.5. The molecule has 2 amide bonds. The van der Waals surface area contributed by atoms with Gasteiger partial charge in [-0.15, -0.1) is 11.3 Å². The van der Waals surface area contributed by atoms with Crippen LogP contribution in [0.1, 0.15) is 54.1 Å². The average Bonchev–Trinajstić information content (AvgIpc) is 3.23. The van der Waals surface area contributed by atoms with E-state index in [0.29, 0.717) is 38.5 Å². The van der Waals surface area contributed by atoms with Gasteiger partial charge in [-0.25, -0.2) is 4.98 Å². The van der Waals surface area contributed by atoms with Crippen molar-refractivity contribution in [3.8, 4) is 0 Å². The first-order valence-electron chi connectivity index (χ1n) is 12.3. The predicted molar refractivity (Wildman–Crippen MR) is 136 cm³/mol. The van der Waals surface area contributed by atoms with Gasteiger partial charge >= 0.3 is 0 Å². The number of H-pyrrole nitrogens is 1. The van der Waals surface area contributed by atoms with Crippen molar-refractivity contribution in [2.75, 3.05) is 26.2 Å². The molecule has 5 rings (SSSR count). The van der Waals surface area contributed by atoms with Crippen LogP contribution in [0.2, 0.25) is 0 Å². The van der Waals surface area contributed by atoms with Crippen LogP contribution in [-0.2, 0) is 29.0 Å². The second-order valence-electron chi connectivity index (χ2n) is 9.43. The fourth-order valence-electron chi connectivity index (χ4n) is 5.14. The van der Waals surface area contributed by atoms with Crippen LogP contribution in [0.4, 0.5) is 0 Å². The van der Waals surface area contributed by atoms with Crippen LogP contribution in [0.25, 0.3) is 10.2 Å². The number of piperazine rings is 1. The number of nitrogens with zero attached hydrogens (tertiary/aromatic N) is 3. The number of carbonyl (C=O) groups is 2. The van der Waals surface area contributed by atoms with Gasteiger partial charge in [0, 0.05) is 38.0 Å². The molecule has 8 nitrogen and oxygen atoms in total. The van der Waals surface area contributed by atoms with Crippen molar-refractivity contribution >= 4 is 33.4 Å². The number of carbonyl (C=O) groups excluding carboxylic acids is 2. The Bertz CT molecular complexity index is 1280. The number of thiophene rings is 1. The van der Waals surface area contributed by atoms with Gasteiger partial charge in [-0.05, 0) is 36.8 Å². The second kappa shape index (κ2) is 10.3. The molecule has 2 aromatic heterocycles. The molecule has 35 heavy (non-hydrogen) atoms. The highest BCUT2D eigenvalue weighted by atomic mass is 32.1. The molecular weight excluding hydrogens is 462 g/mol. The molecule has 1 atom stereocenters. The van der Waals surface area contributed by atoms with Gasteiger partial charge in [0.25, 0.3) is 5.56 Å². The number of hydrogen-bond donors (Lipinski definition) is 2. The number of amides is 2. The first-order valence-corrected chi connectivity index (χ1v) is 13.1. The zero-order chi connectivity index (χ0) is 24.4. The highest BCUT2D eigenvalue weighted by Gasteiger charge is 2.26. The minimum Gasteiger partial charge on any atom is -0.349 e. The normalized spacial score (nSPS) is 17.2. The molecule has 1 unspecified atom stereocenters.